The molecule has 0 aliphatic carbocycles. The van der Waals surface area contributed by atoms with E-state index in [1.165, 1.54) is 11.1 Å². The van der Waals surface area contributed by atoms with Gasteiger partial charge in [0.05, 0.1) is 6.04 Å². The van der Waals surface area contributed by atoms with Crippen LogP contribution in [-0.2, 0) is 0 Å². The molecule has 2 rings (SSSR count). The van der Waals surface area contributed by atoms with Crippen LogP contribution in [0.15, 0.2) is 36.4 Å². The normalized spacial score (nSPS) is 12.0. The van der Waals surface area contributed by atoms with E-state index in [1.54, 1.807) is 12.1 Å². The molecule has 0 fully saturated rings. The van der Waals surface area contributed by atoms with Gasteiger partial charge in [-0.3, -0.25) is 4.79 Å². The minimum Gasteiger partial charge on any atom is -0.398 e. The Hall–Kier alpha value is -2.29. The smallest absolute Gasteiger partial charge is 0.251 e. The quantitative estimate of drug-likeness (QED) is 0.844. The van der Waals surface area contributed by atoms with Crippen molar-refractivity contribution < 1.29 is 4.79 Å². The average molecular weight is 282 g/mol. The van der Waals surface area contributed by atoms with Crippen LogP contribution in [0.4, 0.5) is 5.69 Å². The molecule has 110 valence electrons. The zero-order valence-corrected chi connectivity index (χ0v) is 13.0. The van der Waals surface area contributed by atoms with Gasteiger partial charge in [-0.25, -0.2) is 0 Å². The van der Waals surface area contributed by atoms with Crippen molar-refractivity contribution in [3.8, 4) is 0 Å². The molecule has 3 nitrogen and oxygen atoms in total. The highest BCUT2D eigenvalue weighted by Crippen LogP contribution is 2.20. The van der Waals surface area contributed by atoms with Gasteiger partial charge in [-0.05, 0) is 56.5 Å². The van der Waals surface area contributed by atoms with Gasteiger partial charge in [0.2, 0.25) is 0 Å². The molecule has 0 heterocycles. The summed E-state index contributed by atoms with van der Waals surface area (Å²) in [4.78, 5) is 12.3. The van der Waals surface area contributed by atoms with Crippen molar-refractivity contribution in [2.24, 2.45) is 0 Å². The molecular weight excluding hydrogens is 260 g/mol. The van der Waals surface area contributed by atoms with Crippen LogP contribution in [0.3, 0.4) is 0 Å². The lowest BCUT2D eigenvalue weighted by Crippen LogP contribution is -2.27. The molecule has 0 saturated heterocycles. The predicted octanol–water partition coefficient (Wildman–Crippen LogP) is 3.69. The topological polar surface area (TPSA) is 55.1 Å². The van der Waals surface area contributed by atoms with Gasteiger partial charge in [0.15, 0.2) is 0 Å². The van der Waals surface area contributed by atoms with Gasteiger partial charge in [-0.2, -0.15) is 0 Å². The molecule has 1 atom stereocenters. The minimum atomic E-state index is -0.103. The summed E-state index contributed by atoms with van der Waals surface area (Å²) < 4.78 is 0. The van der Waals surface area contributed by atoms with Crippen LogP contribution in [0, 0.1) is 20.8 Å². The Morgan fingerprint density at radius 3 is 2.38 bits per heavy atom. The van der Waals surface area contributed by atoms with Crippen LogP contribution < -0.4 is 11.1 Å². The number of anilines is 1. The number of nitrogens with one attached hydrogen (secondary N) is 1. The molecule has 1 unspecified atom stereocenters. The monoisotopic (exact) mass is 282 g/mol. The number of amides is 1. The van der Waals surface area contributed by atoms with E-state index in [0.717, 1.165) is 11.1 Å². The van der Waals surface area contributed by atoms with Gasteiger partial charge < -0.3 is 11.1 Å². The Morgan fingerprint density at radius 2 is 1.76 bits per heavy atom. The zero-order valence-electron chi connectivity index (χ0n) is 13.0. The van der Waals surface area contributed by atoms with Crippen molar-refractivity contribution in [2.75, 3.05) is 5.73 Å². The van der Waals surface area contributed by atoms with E-state index in [2.05, 4.69) is 37.4 Å². The number of hydrogen-bond donors (Lipinski definition) is 2. The van der Waals surface area contributed by atoms with E-state index in [4.69, 9.17) is 5.73 Å². The number of rotatable bonds is 3. The first-order valence-corrected chi connectivity index (χ1v) is 7.12. The molecule has 2 aromatic carbocycles. The minimum absolute atomic E-state index is 0.0411. The Morgan fingerprint density at radius 1 is 1.05 bits per heavy atom. The van der Waals surface area contributed by atoms with Gasteiger partial charge in [0.25, 0.3) is 5.91 Å². The fraction of sp³-hybridized carbons (Fsp3) is 0.278. The largest absolute Gasteiger partial charge is 0.398 e. The number of nitrogens with two attached hydrogens (primary N) is 1. The van der Waals surface area contributed by atoms with Crippen LogP contribution in [-0.4, -0.2) is 5.91 Å². The average Bonchev–Trinajstić information content (AvgIpc) is 2.41. The highest BCUT2D eigenvalue weighted by atomic mass is 16.1. The van der Waals surface area contributed by atoms with Crippen molar-refractivity contribution in [1.29, 1.82) is 0 Å². The first-order chi connectivity index (χ1) is 9.88. The first kappa shape index (κ1) is 15.1. The van der Waals surface area contributed by atoms with Crippen molar-refractivity contribution >= 4 is 11.6 Å². The number of aryl methyl sites for hydroxylation is 3. The lowest BCUT2D eigenvalue weighted by molar-refractivity contribution is 0.0940. The molecule has 0 spiro atoms. The summed E-state index contributed by atoms with van der Waals surface area (Å²) in [5.41, 5.74) is 11.6. The molecular formula is C18H22N2O. The van der Waals surface area contributed by atoms with Crippen LogP contribution >= 0.6 is 0 Å². The Balaban J connectivity index is 2.16. The number of nitrogen functional groups attached to an aromatic ring is 1. The van der Waals surface area contributed by atoms with Crippen molar-refractivity contribution in [3.05, 3.63) is 64.2 Å². The highest BCUT2D eigenvalue weighted by Gasteiger charge is 2.13. The molecule has 3 N–H and O–H groups in total. The summed E-state index contributed by atoms with van der Waals surface area (Å²) in [5.74, 6) is -0.103. The van der Waals surface area contributed by atoms with Crippen molar-refractivity contribution in [1.82, 2.24) is 5.32 Å². The number of benzene rings is 2. The first-order valence-electron chi connectivity index (χ1n) is 7.12. The number of carbonyl (C=O) groups is 1. The fourth-order valence-corrected chi connectivity index (χ4v) is 2.45. The SMILES string of the molecule is Cc1ccc(C(C)NC(=O)c2ccc(C)c(N)c2)c(C)c1. The maximum Gasteiger partial charge on any atom is 0.251 e. The van der Waals surface area contributed by atoms with Crippen LogP contribution in [0.5, 0.6) is 0 Å². The molecule has 0 bridgehead atoms. The molecule has 1 amide bonds. The molecule has 0 saturated carbocycles. The third kappa shape index (κ3) is 3.43. The van der Waals surface area contributed by atoms with Crippen molar-refractivity contribution in [3.63, 3.8) is 0 Å². The molecule has 0 aliphatic rings. The van der Waals surface area contributed by atoms with Crippen LogP contribution in [0.2, 0.25) is 0 Å². The maximum absolute atomic E-state index is 12.3. The lowest BCUT2D eigenvalue weighted by atomic mass is 10.00. The predicted molar refractivity (Wildman–Crippen MR) is 87.4 cm³/mol. The summed E-state index contributed by atoms with van der Waals surface area (Å²) in [6, 6.07) is 11.6. The van der Waals surface area contributed by atoms with E-state index < -0.39 is 0 Å². The van der Waals surface area contributed by atoms with Gasteiger partial charge >= 0.3 is 0 Å². The van der Waals surface area contributed by atoms with Gasteiger partial charge in [0, 0.05) is 11.3 Å². The summed E-state index contributed by atoms with van der Waals surface area (Å²) in [7, 11) is 0. The molecule has 0 radical (unpaired) electrons. The van der Waals surface area contributed by atoms with Gasteiger partial charge in [-0.1, -0.05) is 29.8 Å². The van der Waals surface area contributed by atoms with E-state index in [1.807, 2.05) is 19.9 Å². The van der Waals surface area contributed by atoms with Crippen molar-refractivity contribution in [2.45, 2.75) is 33.7 Å². The molecule has 0 aliphatic heterocycles. The third-order valence-electron chi connectivity index (χ3n) is 3.78. The second-order valence-corrected chi connectivity index (χ2v) is 5.63. The number of hydrogen-bond acceptors (Lipinski definition) is 2. The lowest BCUT2D eigenvalue weighted by Gasteiger charge is -2.17. The standard InChI is InChI=1S/C18H22N2O/c1-11-5-8-16(13(3)9-11)14(4)20-18(21)15-7-6-12(2)17(19)10-15/h5-10,14H,19H2,1-4H3,(H,20,21). The summed E-state index contributed by atoms with van der Waals surface area (Å²) >= 11 is 0. The van der Waals surface area contributed by atoms with E-state index >= 15 is 0 Å². The van der Waals surface area contributed by atoms with Gasteiger partial charge in [-0.15, -0.1) is 0 Å². The Labute approximate surface area is 126 Å². The second kappa shape index (κ2) is 6.00. The van der Waals surface area contributed by atoms with E-state index in [-0.39, 0.29) is 11.9 Å². The fourth-order valence-electron chi connectivity index (χ4n) is 2.45. The van der Waals surface area contributed by atoms with Gasteiger partial charge in [0.1, 0.15) is 0 Å². The molecule has 21 heavy (non-hydrogen) atoms. The van der Waals surface area contributed by atoms with Crippen LogP contribution in [0.1, 0.15) is 45.6 Å². The number of carbonyl (C=O) groups excluding carboxylic acids is 1. The zero-order chi connectivity index (χ0) is 15.6. The summed E-state index contributed by atoms with van der Waals surface area (Å²) in [6.45, 7) is 8.05. The second-order valence-electron chi connectivity index (χ2n) is 5.63. The summed E-state index contributed by atoms with van der Waals surface area (Å²) in [6.07, 6.45) is 0. The van der Waals surface area contributed by atoms with Crippen LogP contribution in [0.25, 0.3) is 0 Å². The Bertz CT molecular complexity index is 677. The van der Waals surface area contributed by atoms with E-state index in [9.17, 15) is 4.79 Å². The maximum atomic E-state index is 12.3. The van der Waals surface area contributed by atoms with E-state index in [0.29, 0.717) is 11.3 Å². The molecule has 0 aromatic heterocycles. The third-order valence-corrected chi connectivity index (χ3v) is 3.78. The molecule has 2 aromatic rings. The highest BCUT2D eigenvalue weighted by molar-refractivity contribution is 5.95. The Kier molecular flexibility index (Phi) is 4.32. The molecule has 3 heteroatoms. The summed E-state index contributed by atoms with van der Waals surface area (Å²) in [5, 5.41) is 3.02.